The van der Waals surface area contributed by atoms with Crippen molar-refractivity contribution in [3.63, 3.8) is 0 Å². The quantitative estimate of drug-likeness (QED) is 0.407. The van der Waals surface area contributed by atoms with Gasteiger partial charge in [0, 0.05) is 23.6 Å². The fraction of sp³-hybridized carbons (Fsp3) is 0.240. The Morgan fingerprint density at radius 1 is 1.06 bits per heavy atom. The van der Waals surface area contributed by atoms with Crippen molar-refractivity contribution in [1.29, 1.82) is 0 Å². The molecular weight excluding hydrogens is 438 g/mol. The van der Waals surface area contributed by atoms with Crippen LogP contribution in [0.5, 0.6) is 0 Å². The highest BCUT2D eigenvalue weighted by Gasteiger charge is 2.27. The number of carbonyl (C=O) groups is 2. The van der Waals surface area contributed by atoms with Gasteiger partial charge in [-0.15, -0.1) is 11.3 Å². The number of carboxylic acid groups (broad SMARTS) is 1. The third-order valence-electron chi connectivity index (χ3n) is 5.01. The van der Waals surface area contributed by atoms with Crippen LogP contribution in [0, 0.1) is 0 Å². The summed E-state index contributed by atoms with van der Waals surface area (Å²) in [5.74, 6) is -1.14. The fourth-order valence-electron chi connectivity index (χ4n) is 3.55. The van der Waals surface area contributed by atoms with E-state index < -0.39 is 23.7 Å². The monoisotopic (exact) mass is 463 g/mol. The molecule has 170 valence electrons. The van der Waals surface area contributed by atoms with Gasteiger partial charge < -0.3 is 15.2 Å². The largest absolute Gasteiger partial charge is 0.480 e. The summed E-state index contributed by atoms with van der Waals surface area (Å²) in [6, 6.07) is 16.9. The number of carbonyl (C=O) groups excluding carboxylic acids is 1. The molecule has 1 atom stereocenters. The highest BCUT2D eigenvalue weighted by Crippen LogP contribution is 2.30. The number of nitrogens with zero attached hydrogens (tertiary/aromatic N) is 2. The van der Waals surface area contributed by atoms with Gasteiger partial charge in [-0.1, -0.05) is 54.6 Å². The molecule has 4 aromatic rings. The van der Waals surface area contributed by atoms with E-state index in [0.29, 0.717) is 11.4 Å². The molecule has 1 unspecified atom stereocenters. The summed E-state index contributed by atoms with van der Waals surface area (Å²) in [6.07, 6.45) is 1.15. The number of hydrogen-bond donors (Lipinski definition) is 2. The topological polar surface area (TPSA) is 92.9 Å². The number of amides is 1. The number of aromatic nitrogens is 2. The summed E-state index contributed by atoms with van der Waals surface area (Å²) >= 11 is 1.47. The molecule has 0 bridgehead atoms. The highest BCUT2D eigenvalue weighted by molar-refractivity contribution is 7.15. The molecule has 2 heterocycles. The maximum Gasteiger partial charge on any atom is 0.408 e. The predicted octanol–water partition coefficient (Wildman–Crippen LogP) is 5.25. The number of ether oxygens (including phenoxy) is 1. The zero-order valence-corrected chi connectivity index (χ0v) is 19.4. The fourth-order valence-corrected chi connectivity index (χ4v) is 4.29. The standard InChI is InChI=1S/C25H25N3O4S/c1-25(2,3)32-24(31)26-19(22(29)30)15-20-21(27-23-28(20)13-14-33-23)18-11-9-17(10-12-18)16-7-5-4-6-8-16/h4-14,19H,15H2,1-3H3,(H,26,31)(H,29,30). The van der Waals surface area contributed by atoms with E-state index in [1.54, 1.807) is 20.8 Å². The Kier molecular flexibility index (Phi) is 6.20. The molecule has 0 aliphatic heterocycles. The second-order valence-corrected chi connectivity index (χ2v) is 9.52. The second-order valence-electron chi connectivity index (χ2n) is 8.65. The maximum atomic E-state index is 12.2. The Balaban J connectivity index is 1.65. The Labute approximate surface area is 195 Å². The number of benzene rings is 2. The highest BCUT2D eigenvalue weighted by atomic mass is 32.1. The first-order valence-electron chi connectivity index (χ1n) is 10.5. The Bertz CT molecular complexity index is 1270. The van der Waals surface area contributed by atoms with Crippen molar-refractivity contribution >= 4 is 28.4 Å². The summed E-state index contributed by atoms with van der Waals surface area (Å²) in [7, 11) is 0. The average Bonchev–Trinajstić information content (AvgIpc) is 3.35. The molecule has 7 nitrogen and oxygen atoms in total. The van der Waals surface area contributed by atoms with Gasteiger partial charge in [0.05, 0.1) is 11.4 Å². The molecule has 4 rings (SSSR count). The zero-order chi connectivity index (χ0) is 23.6. The number of carboxylic acids is 1. The van der Waals surface area contributed by atoms with E-state index >= 15 is 0 Å². The van der Waals surface area contributed by atoms with Gasteiger partial charge in [-0.25, -0.2) is 14.6 Å². The first kappa shape index (κ1) is 22.5. The number of fused-ring (bicyclic) bond motifs is 1. The minimum absolute atomic E-state index is 0.0578. The zero-order valence-electron chi connectivity index (χ0n) is 18.6. The average molecular weight is 464 g/mol. The van der Waals surface area contributed by atoms with Crippen LogP contribution in [0.25, 0.3) is 27.3 Å². The lowest BCUT2D eigenvalue weighted by Crippen LogP contribution is -2.44. The third kappa shape index (κ3) is 5.23. The van der Waals surface area contributed by atoms with E-state index in [4.69, 9.17) is 9.72 Å². The summed E-state index contributed by atoms with van der Waals surface area (Å²) in [4.78, 5) is 29.7. The number of aliphatic carboxylic acids is 1. The van der Waals surface area contributed by atoms with Gasteiger partial charge in [0.15, 0.2) is 4.96 Å². The molecule has 0 saturated heterocycles. The molecule has 0 saturated carbocycles. The van der Waals surface area contributed by atoms with Gasteiger partial charge in [-0.05, 0) is 31.9 Å². The normalized spacial score (nSPS) is 12.5. The van der Waals surface area contributed by atoms with Crippen LogP contribution in [0.15, 0.2) is 66.2 Å². The van der Waals surface area contributed by atoms with Gasteiger partial charge in [0.25, 0.3) is 0 Å². The molecule has 0 radical (unpaired) electrons. The number of alkyl carbamates (subject to hydrolysis) is 1. The van der Waals surface area contributed by atoms with E-state index in [0.717, 1.165) is 21.7 Å². The molecular formula is C25H25N3O4S. The molecule has 0 aliphatic rings. The van der Waals surface area contributed by atoms with Gasteiger partial charge in [0.2, 0.25) is 0 Å². The number of rotatable bonds is 6. The van der Waals surface area contributed by atoms with Crippen LogP contribution in [-0.2, 0) is 16.0 Å². The van der Waals surface area contributed by atoms with Crippen molar-refractivity contribution in [3.8, 4) is 22.4 Å². The van der Waals surface area contributed by atoms with Crippen LogP contribution in [0.2, 0.25) is 0 Å². The van der Waals surface area contributed by atoms with E-state index in [1.807, 2.05) is 70.6 Å². The van der Waals surface area contributed by atoms with Crippen LogP contribution < -0.4 is 5.32 Å². The lowest BCUT2D eigenvalue weighted by molar-refractivity contribution is -0.139. The lowest BCUT2D eigenvalue weighted by atomic mass is 10.0. The number of hydrogen-bond acceptors (Lipinski definition) is 5. The number of thiazole rings is 1. The third-order valence-corrected chi connectivity index (χ3v) is 5.77. The molecule has 33 heavy (non-hydrogen) atoms. The minimum atomic E-state index is -1.16. The van der Waals surface area contributed by atoms with Crippen LogP contribution >= 0.6 is 11.3 Å². The van der Waals surface area contributed by atoms with Crippen molar-refractivity contribution < 1.29 is 19.4 Å². The van der Waals surface area contributed by atoms with E-state index in [9.17, 15) is 14.7 Å². The maximum absolute atomic E-state index is 12.2. The smallest absolute Gasteiger partial charge is 0.408 e. The van der Waals surface area contributed by atoms with Crippen molar-refractivity contribution in [2.75, 3.05) is 0 Å². The summed E-state index contributed by atoms with van der Waals surface area (Å²) in [5.41, 5.74) is 3.75. The SMILES string of the molecule is CC(C)(C)OC(=O)NC(Cc1c(-c2ccc(-c3ccccc3)cc2)nc2sccn12)C(=O)O. The van der Waals surface area contributed by atoms with Gasteiger partial charge in [0.1, 0.15) is 11.6 Å². The van der Waals surface area contributed by atoms with Crippen molar-refractivity contribution in [2.45, 2.75) is 38.8 Å². The molecule has 2 N–H and O–H groups in total. The molecule has 1 amide bonds. The Morgan fingerprint density at radius 3 is 2.33 bits per heavy atom. The van der Waals surface area contributed by atoms with Crippen molar-refractivity contribution in [1.82, 2.24) is 14.7 Å². The molecule has 2 aromatic carbocycles. The Hall–Kier alpha value is -3.65. The van der Waals surface area contributed by atoms with Crippen LogP contribution in [0.3, 0.4) is 0 Å². The molecule has 0 fully saturated rings. The predicted molar refractivity (Wildman–Crippen MR) is 128 cm³/mol. The van der Waals surface area contributed by atoms with E-state index in [-0.39, 0.29) is 6.42 Å². The van der Waals surface area contributed by atoms with Crippen LogP contribution in [-0.4, -0.2) is 38.2 Å². The van der Waals surface area contributed by atoms with Gasteiger partial charge >= 0.3 is 12.1 Å². The molecule has 2 aromatic heterocycles. The van der Waals surface area contributed by atoms with Crippen LogP contribution in [0.1, 0.15) is 26.5 Å². The molecule has 0 aliphatic carbocycles. The lowest BCUT2D eigenvalue weighted by Gasteiger charge is -2.22. The van der Waals surface area contributed by atoms with Gasteiger partial charge in [-0.2, -0.15) is 0 Å². The number of imidazole rings is 1. The summed E-state index contributed by atoms with van der Waals surface area (Å²) in [5, 5.41) is 14.1. The van der Waals surface area contributed by atoms with E-state index in [2.05, 4.69) is 5.32 Å². The molecule has 0 spiro atoms. The van der Waals surface area contributed by atoms with Crippen LogP contribution in [0.4, 0.5) is 4.79 Å². The van der Waals surface area contributed by atoms with E-state index in [1.165, 1.54) is 11.3 Å². The first-order valence-corrected chi connectivity index (χ1v) is 11.4. The molecule has 8 heteroatoms. The summed E-state index contributed by atoms with van der Waals surface area (Å²) < 4.78 is 7.12. The minimum Gasteiger partial charge on any atom is -0.480 e. The first-order chi connectivity index (χ1) is 15.7. The second kappa shape index (κ2) is 9.07. The summed E-state index contributed by atoms with van der Waals surface area (Å²) in [6.45, 7) is 5.18. The number of nitrogens with one attached hydrogen (secondary N) is 1. The Morgan fingerprint density at radius 2 is 1.70 bits per heavy atom. The van der Waals surface area contributed by atoms with Crippen molar-refractivity contribution in [2.24, 2.45) is 0 Å². The van der Waals surface area contributed by atoms with Gasteiger partial charge in [-0.3, -0.25) is 4.40 Å². The van der Waals surface area contributed by atoms with Crippen molar-refractivity contribution in [3.05, 3.63) is 71.9 Å².